The number of rotatable bonds is 1. The van der Waals surface area contributed by atoms with Gasteiger partial charge in [0.25, 0.3) is 5.92 Å². The Morgan fingerprint density at radius 3 is 2.00 bits per heavy atom. The van der Waals surface area contributed by atoms with E-state index in [9.17, 15) is 8.78 Å². The summed E-state index contributed by atoms with van der Waals surface area (Å²) < 4.78 is 23.9. The van der Waals surface area contributed by atoms with Crippen molar-refractivity contribution in [1.82, 2.24) is 0 Å². The molecule has 1 nitrogen and oxygen atoms in total. The maximum absolute atomic E-state index is 12.0. The molecule has 8 heavy (non-hydrogen) atoms. The van der Waals surface area contributed by atoms with E-state index >= 15 is 0 Å². The van der Waals surface area contributed by atoms with Crippen molar-refractivity contribution < 1.29 is 8.78 Å². The molecule has 0 amide bonds. The molecule has 0 heterocycles. The van der Waals surface area contributed by atoms with E-state index in [1.165, 1.54) is 0 Å². The minimum absolute atomic E-state index is 0.137. The standard InChI is InChI=1S/C4H6ClF2N/c5-3(2-8)1-4(3,6)7/h1-2,8H2. The Hall–Kier alpha value is 0.110. The fraction of sp³-hybridized carbons (Fsp3) is 1.00. The van der Waals surface area contributed by atoms with Crippen LogP contribution in [0.4, 0.5) is 8.78 Å². The lowest BCUT2D eigenvalue weighted by molar-refractivity contribution is 0.106. The average Bonchev–Trinajstić information content (AvgIpc) is 2.10. The summed E-state index contributed by atoms with van der Waals surface area (Å²) in [4.78, 5) is -1.40. The van der Waals surface area contributed by atoms with E-state index in [0.29, 0.717) is 0 Å². The minimum Gasteiger partial charge on any atom is -0.328 e. The molecule has 0 bridgehead atoms. The Bertz CT molecular complexity index is 117. The van der Waals surface area contributed by atoms with E-state index in [0.717, 1.165) is 0 Å². The van der Waals surface area contributed by atoms with Crippen molar-refractivity contribution in [3.63, 3.8) is 0 Å². The first-order valence-corrected chi connectivity index (χ1v) is 2.66. The normalized spacial score (nSPS) is 42.0. The van der Waals surface area contributed by atoms with Gasteiger partial charge in [-0.25, -0.2) is 8.78 Å². The molecule has 0 aromatic rings. The Balaban J connectivity index is 2.55. The number of nitrogens with two attached hydrogens (primary N) is 1. The van der Waals surface area contributed by atoms with Crippen LogP contribution < -0.4 is 5.73 Å². The van der Waals surface area contributed by atoms with Crippen molar-refractivity contribution >= 4 is 11.6 Å². The second-order valence-corrected chi connectivity index (χ2v) is 2.77. The lowest BCUT2D eigenvalue weighted by Gasteiger charge is -2.00. The molecular formula is C4H6ClF2N. The Kier molecular flexibility index (Phi) is 1.04. The fourth-order valence-corrected chi connectivity index (χ4v) is 0.697. The van der Waals surface area contributed by atoms with Crippen molar-refractivity contribution in [3.8, 4) is 0 Å². The first-order chi connectivity index (χ1) is 3.52. The van der Waals surface area contributed by atoms with Crippen LogP contribution in [0.2, 0.25) is 0 Å². The molecule has 2 N–H and O–H groups in total. The Morgan fingerprint density at radius 1 is 1.62 bits per heavy atom. The predicted octanol–water partition coefficient (Wildman–Crippen LogP) is 0.962. The van der Waals surface area contributed by atoms with Gasteiger partial charge in [0.15, 0.2) is 0 Å². The molecule has 1 aliphatic carbocycles. The number of hydrogen-bond donors (Lipinski definition) is 1. The predicted molar refractivity (Wildman–Crippen MR) is 27.2 cm³/mol. The monoisotopic (exact) mass is 141 g/mol. The molecule has 1 aliphatic rings. The van der Waals surface area contributed by atoms with Gasteiger partial charge in [-0.3, -0.25) is 0 Å². The smallest absolute Gasteiger partial charge is 0.270 e. The number of hydrogen-bond acceptors (Lipinski definition) is 1. The second kappa shape index (κ2) is 1.33. The molecule has 0 aromatic heterocycles. The van der Waals surface area contributed by atoms with Gasteiger partial charge in [0.05, 0.1) is 0 Å². The first-order valence-electron chi connectivity index (χ1n) is 2.29. The average molecular weight is 142 g/mol. The number of halogens is 3. The highest BCUT2D eigenvalue weighted by atomic mass is 35.5. The maximum Gasteiger partial charge on any atom is 0.270 e. The van der Waals surface area contributed by atoms with Crippen molar-refractivity contribution in [2.45, 2.75) is 17.2 Å². The van der Waals surface area contributed by atoms with E-state index in [1.54, 1.807) is 0 Å². The molecule has 0 aliphatic heterocycles. The van der Waals surface area contributed by atoms with E-state index in [2.05, 4.69) is 0 Å². The Labute approximate surface area is 50.8 Å². The quantitative estimate of drug-likeness (QED) is 0.541. The highest BCUT2D eigenvalue weighted by Crippen LogP contribution is 2.56. The van der Waals surface area contributed by atoms with E-state index in [4.69, 9.17) is 17.3 Å². The molecule has 1 atom stereocenters. The summed E-state index contributed by atoms with van der Waals surface area (Å²) in [5.74, 6) is -2.71. The summed E-state index contributed by atoms with van der Waals surface area (Å²) in [7, 11) is 0. The second-order valence-electron chi connectivity index (χ2n) is 2.05. The van der Waals surface area contributed by atoms with Crippen molar-refractivity contribution in [2.75, 3.05) is 6.54 Å². The van der Waals surface area contributed by atoms with Gasteiger partial charge >= 0.3 is 0 Å². The summed E-state index contributed by atoms with van der Waals surface area (Å²) in [5, 5.41) is 0. The van der Waals surface area contributed by atoms with Gasteiger partial charge in [0.1, 0.15) is 4.87 Å². The third-order valence-electron chi connectivity index (χ3n) is 1.36. The van der Waals surface area contributed by atoms with Gasteiger partial charge < -0.3 is 5.73 Å². The molecule has 0 radical (unpaired) electrons. The largest absolute Gasteiger partial charge is 0.328 e. The highest BCUT2D eigenvalue weighted by Gasteiger charge is 2.69. The van der Waals surface area contributed by atoms with Crippen LogP contribution in [0.3, 0.4) is 0 Å². The molecule has 4 heteroatoms. The lowest BCUT2D eigenvalue weighted by Crippen LogP contribution is -2.22. The summed E-state index contributed by atoms with van der Waals surface area (Å²) >= 11 is 5.25. The molecule has 0 spiro atoms. The SMILES string of the molecule is NCC1(Cl)CC1(F)F. The van der Waals surface area contributed by atoms with Gasteiger partial charge in [-0.15, -0.1) is 11.6 Å². The van der Waals surface area contributed by atoms with Gasteiger partial charge in [0.2, 0.25) is 0 Å². The van der Waals surface area contributed by atoms with Crippen LogP contribution in [0.25, 0.3) is 0 Å². The van der Waals surface area contributed by atoms with E-state index < -0.39 is 10.8 Å². The zero-order chi connectivity index (χ0) is 6.41. The molecular weight excluding hydrogens is 136 g/mol. The van der Waals surface area contributed by atoms with Gasteiger partial charge in [-0.05, 0) is 0 Å². The number of alkyl halides is 3. The summed E-state index contributed by atoms with van der Waals surface area (Å²) in [6.07, 6.45) is -0.266. The molecule has 48 valence electrons. The fourth-order valence-electron chi connectivity index (χ4n) is 0.529. The molecule has 0 saturated heterocycles. The minimum atomic E-state index is -2.71. The zero-order valence-electron chi connectivity index (χ0n) is 4.13. The van der Waals surface area contributed by atoms with Crippen molar-refractivity contribution in [3.05, 3.63) is 0 Å². The summed E-state index contributed by atoms with van der Waals surface area (Å²) in [6.45, 7) is -0.137. The van der Waals surface area contributed by atoms with Crippen LogP contribution in [0.1, 0.15) is 6.42 Å². The summed E-state index contributed by atoms with van der Waals surface area (Å²) in [6, 6.07) is 0. The molecule has 1 saturated carbocycles. The van der Waals surface area contributed by atoms with Crippen molar-refractivity contribution in [1.29, 1.82) is 0 Å². The Morgan fingerprint density at radius 2 is 2.00 bits per heavy atom. The van der Waals surface area contributed by atoms with Crippen LogP contribution in [0, 0.1) is 0 Å². The van der Waals surface area contributed by atoms with Gasteiger partial charge in [-0.2, -0.15) is 0 Å². The molecule has 1 fully saturated rings. The van der Waals surface area contributed by atoms with Gasteiger partial charge in [0, 0.05) is 13.0 Å². The van der Waals surface area contributed by atoms with Crippen LogP contribution in [-0.2, 0) is 0 Å². The third-order valence-corrected chi connectivity index (χ3v) is 1.92. The summed E-state index contributed by atoms with van der Waals surface area (Å²) in [5.41, 5.74) is 4.93. The van der Waals surface area contributed by atoms with Crippen LogP contribution in [0.5, 0.6) is 0 Å². The third kappa shape index (κ3) is 0.615. The van der Waals surface area contributed by atoms with Crippen molar-refractivity contribution in [2.24, 2.45) is 5.73 Å². The topological polar surface area (TPSA) is 26.0 Å². The first kappa shape index (κ1) is 6.23. The van der Waals surface area contributed by atoms with Crippen LogP contribution in [0.15, 0.2) is 0 Å². The van der Waals surface area contributed by atoms with Gasteiger partial charge in [-0.1, -0.05) is 0 Å². The highest BCUT2D eigenvalue weighted by molar-refractivity contribution is 6.27. The lowest BCUT2D eigenvalue weighted by atomic mass is 10.4. The maximum atomic E-state index is 12.0. The van der Waals surface area contributed by atoms with E-state index in [-0.39, 0.29) is 13.0 Å². The zero-order valence-corrected chi connectivity index (χ0v) is 4.88. The van der Waals surface area contributed by atoms with Crippen LogP contribution in [-0.4, -0.2) is 17.3 Å². The molecule has 1 rings (SSSR count). The van der Waals surface area contributed by atoms with E-state index in [1.807, 2.05) is 0 Å². The molecule has 1 unspecified atom stereocenters. The van der Waals surface area contributed by atoms with Crippen LogP contribution >= 0.6 is 11.6 Å². The molecule has 0 aromatic carbocycles.